The first-order valence-corrected chi connectivity index (χ1v) is 9.88. The highest BCUT2D eigenvalue weighted by Gasteiger charge is 2.05. The number of methoxy groups -OCH3 is 1. The average molecular weight is 396 g/mol. The third-order valence-electron chi connectivity index (χ3n) is 4.97. The molecule has 0 N–H and O–H groups in total. The third-order valence-corrected chi connectivity index (χ3v) is 4.97. The van der Waals surface area contributed by atoms with Gasteiger partial charge in [-0.1, -0.05) is 36.4 Å². The summed E-state index contributed by atoms with van der Waals surface area (Å²) < 4.78 is 7.27. The number of imidazole rings is 1. The maximum Gasteiger partial charge on any atom is 0.138 e. The summed E-state index contributed by atoms with van der Waals surface area (Å²) in [5.74, 6) is 0.844. The minimum atomic E-state index is 0.844. The first-order valence-electron chi connectivity index (χ1n) is 9.88. The number of anilines is 1. The van der Waals surface area contributed by atoms with E-state index in [0.717, 1.165) is 28.2 Å². The zero-order chi connectivity index (χ0) is 20.9. The summed E-state index contributed by atoms with van der Waals surface area (Å²) in [6, 6.07) is 20.6. The van der Waals surface area contributed by atoms with Crippen molar-refractivity contribution in [2.45, 2.75) is 0 Å². The molecule has 0 atom stereocenters. The number of benzene rings is 2. The Morgan fingerprint density at radius 3 is 2.23 bits per heavy atom. The average Bonchev–Trinajstić information content (AvgIpc) is 3.20. The maximum absolute atomic E-state index is 5.23. The van der Waals surface area contributed by atoms with E-state index in [0.29, 0.717) is 0 Å². The topological polar surface area (TPSA) is 29.8 Å². The molecule has 0 saturated carbocycles. The zero-order valence-corrected chi connectivity index (χ0v) is 17.5. The van der Waals surface area contributed by atoms with E-state index >= 15 is 0 Å². The van der Waals surface area contributed by atoms with Crippen LogP contribution < -0.4 is 9.64 Å². The summed E-state index contributed by atoms with van der Waals surface area (Å²) in [6.07, 6.45) is 12.4. The minimum Gasteiger partial charge on any atom is -0.497 e. The molecule has 2 aromatic carbocycles. The van der Waals surface area contributed by atoms with Crippen molar-refractivity contribution in [2.75, 3.05) is 26.1 Å². The Kier molecular flexibility index (Phi) is 5.66. The van der Waals surface area contributed by atoms with Crippen molar-refractivity contribution in [3.8, 4) is 17.0 Å². The first kappa shape index (κ1) is 19.5. The molecule has 30 heavy (non-hydrogen) atoms. The van der Waals surface area contributed by atoms with Crippen LogP contribution in [0.5, 0.6) is 5.75 Å². The van der Waals surface area contributed by atoms with E-state index in [4.69, 9.17) is 9.72 Å². The molecule has 0 amide bonds. The second-order valence-electron chi connectivity index (χ2n) is 7.28. The van der Waals surface area contributed by atoms with E-state index in [2.05, 4.69) is 65.6 Å². The van der Waals surface area contributed by atoms with Gasteiger partial charge in [0.2, 0.25) is 0 Å². The first-order chi connectivity index (χ1) is 14.6. The van der Waals surface area contributed by atoms with E-state index in [9.17, 15) is 0 Å². The van der Waals surface area contributed by atoms with Crippen molar-refractivity contribution in [1.29, 1.82) is 0 Å². The SMILES string of the molecule is COc1ccc(-c2cn3ccc(/C=C/C=C/c4ccc(N(C)C)cc4)cc3n2)cc1. The Bertz CT molecular complexity index is 1180. The molecule has 0 aliphatic carbocycles. The van der Waals surface area contributed by atoms with Gasteiger partial charge in [0.1, 0.15) is 11.4 Å². The van der Waals surface area contributed by atoms with Crippen LogP contribution in [0.25, 0.3) is 29.1 Å². The number of hydrogen-bond donors (Lipinski definition) is 0. The fourth-order valence-corrected chi connectivity index (χ4v) is 3.22. The molecular weight excluding hydrogens is 370 g/mol. The molecule has 2 aromatic heterocycles. The molecule has 4 nitrogen and oxygen atoms in total. The van der Waals surface area contributed by atoms with Crippen LogP contribution in [0.4, 0.5) is 5.69 Å². The molecule has 0 aliphatic heterocycles. The Labute approximate surface area is 177 Å². The van der Waals surface area contributed by atoms with Gasteiger partial charge in [0.25, 0.3) is 0 Å². The van der Waals surface area contributed by atoms with Crippen LogP contribution in [0.2, 0.25) is 0 Å². The number of rotatable bonds is 6. The normalized spacial score (nSPS) is 11.6. The van der Waals surface area contributed by atoms with Gasteiger partial charge in [0.05, 0.1) is 12.8 Å². The second kappa shape index (κ2) is 8.70. The quantitative estimate of drug-likeness (QED) is 0.386. The van der Waals surface area contributed by atoms with E-state index in [1.807, 2.05) is 55.2 Å². The molecule has 0 saturated heterocycles. The lowest BCUT2D eigenvalue weighted by atomic mass is 10.2. The highest BCUT2D eigenvalue weighted by Crippen LogP contribution is 2.22. The van der Waals surface area contributed by atoms with Gasteiger partial charge in [-0.05, 0) is 59.7 Å². The summed E-state index contributed by atoms with van der Waals surface area (Å²) in [5, 5.41) is 0. The number of nitrogens with zero attached hydrogens (tertiary/aromatic N) is 3. The predicted molar refractivity (Wildman–Crippen MR) is 126 cm³/mol. The van der Waals surface area contributed by atoms with E-state index in [-0.39, 0.29) is 0 Å². The van der Waals surface area contributed by atoms with Crippen molar-refractivity contribution in [2.24, 2.45) is 0 Å². The van der Waals surface area contributed by atoms with Crippen LogP contribution in [0.1, 0.15) is 11.1 Å². The lowest BCUT2D eigenvalue weighted by molar-refractivity contribution is 0.415. The predicted octanol–water partition coefficient (Wildman–Crippen LogP) is 5.80. The van der Waals surface area contributed by atoms with Gasteiger partial charge in [0.15, 0.2) is 0 Å². The van der Waals surface area contributed by atoms with E-state index in [1.165, 1.54) is 11.3 Å². The Morgan fingerprint density at radius 2 is 1.57 bits per heavy atom. The number of allylic oxidation sites excluding steroid dienone is 2. The second-order valence-corrected chi connectivity index (χ2v) is 7.28. The van der Waals surface area contributed by atoms with Crippen molar-refractivity contribution in [3.05, 3.63) is 96.3 Å². The maximum atomic E-state index is 5.23. The summed E-state index contributed by atoms with van der Waals surface area (Å²) in [5.41, 5.74) is 6.43. The largest absolute Gasteiger partial charge is 0.497 e. The summed E-state index contributed by atoms with van der Waals surface area (Å²) in [7, 11) is 5.76. The summed E-state index contributed by atoms with van der Waals surface area (Å²) >= 11 is 0. The molecule has 2 heterocycles. The molecule has 0 unspecified atom stereocenters. The number of aromatic nitrogens is 2. The summed E-state index contributed by atoms with van der Waals surface area (Å²) in [4.78, 5) is 6.86. The highest BCUT2D eigenvalue weighted by molar-refractivity contribution is 5.66. The van der Waals surface area contributed by atoms with Crippen LogP contribution in [-0.2, 0) is 0 Å². The van der Waals surface area contributed by atoms with Crippen LogP contribution >= 0.6 is 0 Å². The molecule has 0 spiro atoms. The molecule has 0 radical (unpaired) electrons. The lowest BCUT2D eigenvalue weighted by Crippen LogP contribution is -2.07. The monoisotopic (exact) mass is 395 g/mol. The fourth-order valence-electron chi connectivity index (χ4n) is 3.22. The van der Waals surface area contributed by atoms with Crippen molar-refractivity contribution < 1.29 is 4.74 Å². The van der Waals surface area contributed by atoms with Crippen LogP contribution in [0, 0.1) is 0 Å². The number of pyridine rings is 1. The summed E-state index contributed by atoms with van der Waals surface area (Å²) in [6.45, 7) is 0. The van der Waals surface area contributed by atoms with Crippen LogP contribution in [-0.4, -0.2) is 30.6 Å². The minimum absolute atomic E-state index is 0.844. The molecule has 0 fully saturated rings. The Balaban J connectivity index is 1.47. The Hall–Kier alpha value is -3.79. The van der Waals surface area contributed by atoms with Crippen molar-refractivity contribution >= 4 is 23.5 Å². The lowest BCUT2D eigenvalue weighted by Gasteiger charge is -2.11. The number of ether oxygens (including phenoxy) is 1. The molecule has 4 rings (SSSR count). The van der Waals surface area contributed by atoms with Crippen LogP contribution in [0.15, 0.2) is 85.2 Å². The van der Waals surface area contributed by atoms with Gasteiger partial charge in [0, 0.05) is 37.7 Å². The third kappa shape index (κ3) is 4.44. The van der Waals surface area contributed by atoms with E-state index < -0.39 is 0 Å². The standard InChI is InChI=1S/C26H25N3O/c1-28(2)23-12-8-20(9-13-23)6-4-5-7-21-16-17-29-19-25(27-26(29)18-21)22-10-14-24(30-3)15-11-22/h4-19H,1-3H3/b6-4+,7-5+. The number of hydrogen-bond acceptors (Lipinski definition) is 3. The fraction of sp³-hybridized carbons (Fsp3) is 0.115. The zero-order valence-electron chi connectivity index (χ0n) is 17.5. The van der Waals surface area contributed by atoms with Gasteiger partial charge in [-0.3, -0.25) is 0 Å². The molecule has 0 aliphatic rings. The van der Waals surface area contributed by atoms with Gasteiger partial charge >= 0.3 is 0 Å². The molecule has 0 bridgehead atoms. The molecule has 4 heteroatoms. The van der Waals surface area contributed by atoms with E-state index in [1.54, 1.807) is 7.11 Å². The smallest absolute Gasteiger partial charge is 0.138 e. The Morgan fingerprint density at radius 1 is 0.867 bits per heavy atom. The van der Waals surface area contributed by atoms with Crippen molar-refractivity contribution in [1.82, 2.24) is 9.38 Å². The molecule has 4 aromatic rings. The number of fused-ring (bicyclic) bond motifs is 1. The van der Waals surface area contributed by atoms with Gasteiger partial charge in [-0.15, -0.1) is 0 Å². The van der Waals surface area contributed by atoms with Gasteiger partial charge < -0.3 is 14.0 Å². The van der Waals surface area contributed by atoms with Crippen molar-refractivity contribution in [3.63, 3.8) is 0 Å². The highest BCUT2D eigenvalue weighted by atomic mass is 16.5. The molecular formula is C26H25N3O. The van der Waals surface area contributed by atoms with Gasteiger partial charge in [-0.2, -0.15) is 0 Å². The van der Waals surface area contributed by atoms with Crippen LogP contribution in [0.3, 0.4) is 0 Å². The molecule has 150 valence electrons. The van der Waals surface area contributed by atoms with Gasteiger partial charge in [-0.25, -0.2) is 4.98 Å².